The molecule has 23 heavy (non-hydrogen) atoms. The number of carbonyl (C=O) groups excluding carboxylic acids is 1. The second-order valence-corrected chi connectivity index (χ2v) is 5.08. The van der Waals surface area contributed by atoms with Crippen LogP contribution >= 0.6 is 0 Å². The van der Waals surface area contributed by atoms with Gasteiger partial charge in [0.15, 0.2) is 6.10 Å². The third-order valence-electron chi connectivity index (χ3n) is 3.19. The van der Waals surface area contributed by atoms with Gasteiger partial charge in [-0.15, -0.1) is 0 Å². The number of hydrazone groups is 1. The van der Waals surface area contributed by atoms with Crippen LogP contribution in [0.4, 0.5) is 0 Å². The second-order valence-electron chi connectivity index (χ2n) is 5.08. The van der Waals surface area contributed by atoms with Gasteiger partial charge in [0.1, 0.15) is 11.5 Å². The predicted molar refractivity (Wildman–Crippen MR) is 90.0 cm³/mol. The Hall–Kier alpha value is -2.82. The minimum Gasteiger partial charge on any atom is -0.497 e. The fourth-order valence-corrected chi connectivity index (χ4v) is 1.85. The normalized spacial score (nSPS) is 12.0. The van der Waals surface area contributed by atoms with Gasteiger partial charge in [-0.2, -0.15) is 5.10 Å². The maximum Gasteiger partial charge on any atom is 0.280 e. The van der Waals surface area contributed by atoms with Gasteiger partial charge < -0.3 is 9.47 Å². The maximum atomic E-state index is 12.0. The highest BCUT2D eigenvalue weighted by atomic mass is 16.5. The molecule has 0 bridgehead atoms. The fraction of sp³-hybridized carbons (Fsp3) is 0.222. The van der Waals surface area contributed by atoms with E-state index in [-0.39, 0.29) is 5.91 Å². The number of carbonyl (C=O) groups is 1. The number of benzene rings is 2. The van der Waals surface area contributed by atoms with Gasteiger partial charge in [-0.3, -0.25) is 4.79 Å². The van der Waals surface area contributed by atoms with Crippen LogP contribution < -0.4 is 14.9 Å². The summed E-state index contributed by atoms with van der Waals surface area (Å²) in [5.74, 6) is 0.915. The first-order valence-corrected chi connectivity index (χ1v) is 7.29. The van der Waals surface area contributed by atoms with Crippen molar-refractivity contribution in [2.45, 2.75) is 20.0 Å². The lowest BCUT2D eigenvalue weighted by atomic mass is 10.2. The largest absolute Gasteiger partial charge is 0.497 e. The molecule has 2 aromatic carbocycles. The molecule has 2 aromatic rings. The molecule has 0 aliphatic rings. The SMILES string of the molecule is COc1cccc(OC(C)C(=O)N/N=C/c2ccc(C)cc2)c1. The topological polar surface area (TPSA) is 59.9 Å². The van der Waals surface area contributed by atoms with Gasteiger partial charge in [0.25, 0.3) is 5.91 Å². The van der Waals surface area contributed by atoms with Crippen molar-refractivity contribution in [3.8, 4) is 11.5 Å². The van der Waals surface area contributed by atoms with Crippen LogP contribution in [0.3, 0.4) is 0 Å². The Labute approximate surface area is 135 Å². The fourth-order valence-electron chi connectivity index (χ4n) is 1.85. The Morgan fingerprint density at radius 2 is 1.87 bits per heavy atom. The summed E-state index contributed by atoms with van der Waals surface area (Å²) < 4.78 is 10.7. The zero-order valence-corrected chi connectivity index (χ0v) is 13.4. The zero-order chi connectivity index (χ0) is 16.7. The molecule has 5 heteroatoms. The Balaban J connectivity index is 1.88. The second kappa shape index (κ2) is 7.98. The third-order valence-corrected chi connectivity index (χ3v) is 3.19. The molecule has 1 N–H and O–H groups in total. The lowest BCUT2D eigenvalue weighted by molar-refractivity contribution is -0.127. The van der Waals surface area contributed by atoms with E-state index in [9.17, 15) is 4.79 Å². The lowest BCUT2D eigenvalue weighted by Gasteiger charge is -2.13. The zero-order valence-electron chi connectivity index (χ0n) is 13.4. The Kier molecular flexibility index (Phi) is 5.74. The van der Waals surface area contributed by atoms with E-state index in [4.69, 9.17) is 9.47 Å². The number of rotatable bonds is 6. The molecule has 1 atom stereocenters. The van der Waals surface area contributed by atoms with Crippen LogP contribution in [0.5, 0.6) is 11.5 Å². The summed E-state index contributed by atoms with van der Waals surface area (Å²) >= 11 is 0. The van der Waals surface area contributed by atoms with Gasteiger partial charge in [0.05, 0.1) is 13.3 Å². The number of hydrogen-bond donors (Lipinski definition) is 1. The minimum atomic E-state index is -0.669. The summed E-state index contributed by atoms with van der Waals surface area (Å²) in [5.41, 5.74) is 4.56. The number of nitrogens with one attached hydrogen (secondary N) is 1. The van der Waals surface area contributed by atoms with Gasteiger partial charge in [0, 0.05) is 6.07 Å². The number of aryl methyl sites for hydroxylation is 1. The molecule has 0 fully saturated rings. The quantitative estimate of drug-likeness (QED) is 0.659. The van der Waals surface area contributed by atoms with Crippen LogP contribution in [0, 0.1) is 6.92 Å². The van der Waals surface area contributed by atoms with Gasteiger partial charge in [0.2, 0.25) is 0 Å². The molecule has 120 valence electrons. The van der Waals surface area contributed by atoms with Crippen molar-refractivity contribution in [2.75, 3.05) is 7.11 Å². The first-order valence-electron chi connectivity index (χ1n) is 7.29. The monoisotopic (exact) mass is 312 g/mol. The Morgan fingerprint density at radius 3 is 2.57 bits per heavy atom. The predicted octanol–water partition coefficient (Wildman–Crippen LogP) is 2.92. The van der Waals surface area contributed by atoms with Gasteiger partial charge in [-0.05, 0) is 31.5 Å². The molecule has 5 nitrogen and oxygen atoms in total. The molecule has 0 radical (unpaired) electrons. The molecule has 0 aliphatic carbocycles. The van der Waals surface area contributed by atoms with Crippen molar-refractivity contribution in [1.29, 1.82) is 0 Å². The van der Waals surface area contributed by atoms with E-state index in [1.807, 2.05) is 37.3 Å². The van der Waals surface area contributed by atoms with Gasteiger partial charge >= 0.3 is 0 Å². The van der Waals surface area contributed by atoms with E-state index in [2.05, 4.69) is 10.5 Å². The van der Waals surface area contributed by atoms with E-state index in [1.165, 1.54) is 5.56 Å². The number of methoxy groups -OCH3 is 1. The molecule has 0 heterocycles. The Bertz CT molecular complexity index is 681. The first kappa shape index (κ1) is 16.5. The van der Waals surface area contributed by atoms with Crippen molar-refractivity contribution in [2.24, 2.45) is 5.10 Å². The summed E-state index contributed by atoms with van der Waals surface area (Å²) in [7, 11) is 1.58. The van der Waals surface area contributed by atoms with Crippen molar-refractivity contribution in [1.82, 2.24) is 5.43 Å². The van der Waals surface area contributed by atoms with Crippen LogP contribution in [-0.4, -0.2) is 25.3 Å². The van der Waals surface area contributed by atoms with Crippen molar-refractivity contribution in [3.05, 3.63) is 59.7 Å². The number of ether oxygens (including phenoxy) is 2. The van der Waals surface area contributed by atoms with E-state index >= 15 is 0 Å². The smallest absolute Gasteiger partial charge is 0.280 e. The first-order chi connectivity index (χ1) is 11.1. The summed E-state index contributed by atoms with van der Waals surface area (Å²) in [6, 6.07) is 14.9. The highest BCUT2D eigenvalue weighted by Gasteiger charge is 2.14. The highest BCUT2D eigenvalue weighted by molar-refractivity contribution is 5.84. The van der Waals surface area contributed by atoms with E-state index in [0.29, 0.717) is 11.5 Å². The molecule has 2 rings (SSSR count). The van der Waals surface area contributed by atoms with Crippen LogP contribution in [0.15, 0.2) is 53.6 Å². The Morgan fingerprint density at radius 1 is 1.17 bits per heavy atom. The van der Waals surface area contributed by atoms with Crippen LogP contribution in [-0.2, 0) is 4.79 Å². The average molecular weight is 312 g/mol. The number of amides is 1. The molecule has 0 aromatic heterocycles. The van der Waals surface area contributed by atoms with Crippen molar-refractivity contribution >= 4 is 12.1 Å². The average Bonchev–Trinajstić information content (AvgIpc) is 2.56. The summed E-state index contributed by atoms with van der Waals surface area (Å²) in [5, 5.41) is 3.94. The molecule has 1 amide bonds. The van der Waals surface area contributed by atoms with Crippen molar-refractivity contribution in [3.63, 3.8) is 0 Å². The molecule has 1 unspecified atom stereocenters. The lowest BCUT2D eigenvalue weighted by Crippen LogP contribution is -2.33. The van der Waals surface area contributed by atoms with E-state index < -0.39 is 6.10 Å². The molecular formula is C18H20N2O3. The van der Waals surface area contributed by atoms with E-state index in [1.54, 1.807) is 38.4 Å². The maximum absolute atomic E-state index is 12.0. The summed E-state index contributed by atoms with van der Waals surface area (Å²) in [6.45, 7) is 3.68. The molecule has 0 spiro atoms. The minimum absolute atomic E-state index is 0.323. The third kappa shape index (κ3) is 5.14. The van der Waals surface area contributed by atoms with Crippen molar-refractivity contribution < 1.29 is 14.3 Å². The number of hydrogen-bond acceptors (Lipinski definition) is 4. The molecule has 0 aliphatic heterocycles. The molecular weight excluding hydrogens is 292 g/mol. The van der Waals surface area contributed by atoms with E-state index in [0.717, 1.165) is 5.56 Å². The van der Waals surface area contributed by atoms with Gasteiger partial charge in [-0.1, -0.05) is 35.9 Å². The number of nitrogens with zero attached hydrogens (tertiary/aromatic N) is 1. The van der Waals surface area contributed by atoms with Crippen LogP contribution in [0.1, 0.15) is 18.1 Å². The van der Waals surface area contributed by atoms with Crippen LogP contribution in [0.2, 0.25) is 0 Å². The summed E-state index contributed by atoms with van der Waals surface area (Å²) in [4.78, 5) is 12.0. The molecule has 0 saturated carbocycles. The molecule has 0 saturated heterocycles. The summed E-state index contributed by atoms with van der Waals surface area (Å²) in [6.07, 6.45) is 0.924. The van der Waals surface area contributed by atoms with Gasteiger partial charge in [-0.25, -0.2) is 5.43 Å². The van der Waals surface area contributed by atoms with Crippen LogP contribution in [0.25, 0.3) is 0 Å². The standard InChI is InChI=1S/C18H20N2O3/c1-13-7-9-15(10-8-13)12-19-20-18(21)14(2)23-17-6-4-5-16(11-17)22-3/h4-12,14H,1-3H3,(H,20,21)/b19-12+. The highest BCUT2D eigenvalue weighted by Crippen LogP contribution is 2.19.